The zero-order valence-electron chi connectivity index (χ0n) is 12.1. The Labute approximate surface area is 125 Å². The third-order valence-electron chi connectivity index (χ3n) is 3.44. The summed E-state index contributed by atoms with van der Waals surface area (Å²) in [5, 5.41) is 10.0. The zero-order valence-corrected chi connectivity index (χ0v) is 12.1. The van der Waals surface area contributed by atoms with E-state index >= 15 is 0 Å². The van der Waals surface area contributed by atoms with Crippen LogP contribution in [0.15, 0.2) is 41.3 Å². The third-order valence-corrected chi connectivity index (χ3v) is 3.44. The van der Waals surface area contributed by atoms with Crippen molar-refractivity contribution in [1.29, 1.82) is 0 Å². The maximum Gasteiger partial charge on any atom is 0.341 e. The highest BCUT2D eigenvalue weighted by Crippen LogP contribution is 2.13. The number of carboxylic acid groups (broad SMARTS) is 1. The number of rotatable bonds is 2. The predicted molar refractivity (Wildman–Crippen MR) is 81.6 cm³/mol. The highest BCUT2D eigenvalue weighted by molar-refractivity contribution is 5.88. The Morgan fingerprint density at radius 2 is 1.82 bits per heavy atom. The summed E-state index contributed by atoms with van der Waals surface area (Å²) >= 11 is 0. The molecule has 3 heterocycles. The molecule has 22 heavy (non-hydrogen) atoms. The molecule has 0 aromatic carbocycles. The maximum absolute atomic E-state index is 12.4. The fraction of sp³-hybridized carbons (Fsp3) is 0.125. The van der Waals surface area contributed by atoms with Crippen molar-refractivity contribution in [1.82, 2.24) is 14.5 Å². The fourth-order valence-electron chi connectivity index (χ4n) is 2.28. The minimum absolute atomic E-state index is 0.249. The first-order valence-corrected chi connectivity index (χ1v) is 6.68. The molecule has 0 saturated carbocycles. The van der Waals surface area contributed by atoms with Gasteiger partial charge in [-0.05, 0) is 49.7 Å². The lowest BCUT2D eigenvalue weighted by Crippen LogP contribution is -2.26. The lowest BCUT2D eigenvalue weighted by Gasteiger charge is -2.08. The molecule has 3 rings (SSSR count). The minimum Gasteiger partial charge on any atom is -0.477 e. The molecule has 3 aromatic heterocycles. The number of nitrogens with zero attached hydrogens (tertiary/aromatic N) is 3. The predicted octanol–water partition coefficient (Wildman–Crippen LogP) is 2.10. The Bertz CT molecular complexity index is 960. The van der Waals surface area contributed by atoms with Gasteiger partial charge in [0.15, 0.2) is 5.65 Å². The Balaban J connectivity index is 2.26. The van der Waals surface area contributed by atoms with E-state index in [9.17, 15) is 14.7 Å². The topological polar surface area (TPSA) is 85.1 Å². The number of pyridine rings is 3. The summed E-state index contributed by atoms with van der Waals surface area (Å²) in [6.45, 7) is 3.45. The van der Waals surface area contributed by atoms with Gasteiger partial charge in [0.25, 0.3) is 5.56 Å². The molecule has 6 nitrogen and oxygen atoms in total. The van der Waals surface area contributed by atoms with E-state index in [0.717, 1.165) is 11.1 Å². The van der Waals surface area contributed by atoms with Gasteiger partial charge in [0.05, 0.1) is 0 Å². The first-order valence-electron chi connectivity index (χ1n) is 6.68. The van der Waals surface area contributed by atoms with E-state index < -0.39 is 11.5 Å². The Morgan fingerprint density at radius 1 is 1.09 bits per heavy atom. The van der Waals surface area contributed by atoms with E-state index in [1.807, 2.05) is 19.1 Å². The molecule has 0 unspecified atom stereocenters. The van der Waals surface area contributed by atoms with Gasteiger partial charge in [-0.1, -0.05) is 0 Å². The van der Waals surface area contributed by atoms with Crippen molar-refractivity contribution in [3.63, 3.8) is 0 Å². The van der Waals surface area contributed by atoms with Crippen molar-refractivity contribution in [2.45, 2.75) is 13.8 Å². The number of hydrogen-bond acceptors (Lipinski definition) is 4. The van der Waals surface area contributed by atoms with Crippen LogP contribution in [-0.4, -0.2) is 25.6 Å². The van der Waals surface area contributed by atoms with Gasteiger partial charge in [-0.3, -0.25) is 9.36 Å². The van der Waals surface area contributed by atoms with Gasteiger partial charge in [0.2, 0.25) is 0 Å². The molecule has 0 aliphatic carbocycles. The second-order valence-electron chi connectivity index (χ2n) is 5.02. The van der Waals surface area contributed by atoms with Gasteiger partial charge >= 0.3 is 5.97 Å². The highest BCUT2D eigenvalue weighted by atomic mass is 16.4. The lowest BCUT2D eigenvalue weighted by molar-refractivity contribution is 0.0693. The number of carboxylic acids is 1. The van der Waals surface area contributed by atoms with Crippen LogP contribution in [-0.2, 0) is 0 Å². The maximum atomic E-state index is 12.4. The molecular weight excluding hydrogens is 282 g/mol. The van der Waals surface area contributed by atoms with Crippen LogP contribution < -0.4 is 5.56 Å². The fourth-order valence-corrected chi connectivity index (χ4v) is 2.28. The van der Waals surface area contributed by atoms with Crippen molar-refractivity contribution in [3.05, 3.63) is 63.7 Å². The first kappa shape index (κ1) is 13.9. The van der Waals surface area contributed by atoms with Crippen molar-refractivity contribution < 1.29 is 9.90 Å². The summed E-state index contributed by atoms with van der Waals surface area (Å²) in [4.78, 5) is 32.3. The van der Waals surface area contributed by atoms with Crippen molar-refractivity contribution in [2.24, 2.45) is 0 Å². The molecule has 0 aliphatic heterocycles. The monoisotopic (exact) mass is 295 g/mol. The summed E-state index contributed by atoms with van der Waals surface area (Å²) < 4.78 is 1.22. The standard InChI is InChI=1S/C16H13N3O3/c1-9-7-8-19(15(20)13(9)16(21)22)12-6-5-11-4-3-10(2)17-14(11)18-12/h3-8H,1-2H3,(H,21,22). The van der Waals surface area contributed by atoms with E-state index in [1.54, 1.807) is 25.1 Å². The average Bonchev–Trinajstić information content (AvgIpc) is 2.46. The van der Waals surface area contributed by atoms with Crippen LogP contribution in [0.5, 0.6) is 0 Å². The Hall–Kier alpha value is -3.02. The molecule has 0 radical (unpaired) electrons. The molecule has 0 bridgehead atoms. The molecule has 0 aliphatic rings. The van der Waals surface area contributed by atoms with E-state index in [1.165, 1.54) is 10.8 Å². The number of aromatic carboxylic acids is 1. The van der Waals surface area contributed by atoms with Crippen LogP contribution >= 0.6 is 0 Å². The summed E-state index contributed by atoms with van der Waals surface area (Å²) in [6.07, 6.45) is 1.52. The highest BCUT2D eigenvalue weighted by Gasteiger charge is 2.15. The molecule has 0 saturated heterocycles. The summed E-state index contributed by atoms with van der Waals surface area (Å²) in [5.41, 5.74) is 0.901. The molecule has 0 spiro atoms. The summed E-state index contributed by atoms with van der Waals surface area (Å²) in [5.74, 6) is -0.898. The molecule has 0 atom stereocenters. The van der Waals surface area contributed by atoms with E-state index in [0.29, 0.717) is 17.0 Å². The molecule has 3 aromatic rings. The Kier molecular flexibility index (Phi) is 3.21. The average molecular weight is 295 g/mol. The molecule has 0 fully saturated rings. The second-order valence-corrected chi connectivity index (χ2v) is 5.02. The van der Waals surface area contributed by atoms with Gasteiger partial charge in [-0.15, -0.1) is 0 Å². The largest absolute Gasteiger partial charge is 0.477 e. The van der Waals surface area contributed by atoms with Gasteiger partial charge in [0, 0.05) is 17.3 Å². The molecular formula is C16H13N3O3. The number of aryl methyl sites for hydroxylation is 2. The normalized spacial score (nSPS) is 10.8. The zero-order chi connectivity index (χ0) is 15.9. The number of hydrogen-bond donors (Lipinski definition) is 1. The summed E-state index contributed by atoms with van der Waals surface area (Å²) in [7, 11) is 0. The third kappa shape index (κ3) is 2.24. The minimum atomic E-state index is -1.24. The number of aromatic nitrogens is 3. The van der Waals surface area contributed by atoms with Crippen LogP contribution in [0.25, 0.3) is 16.9 Å². The van der Waals surface area contributed by atoms with Gasteiger partial charge in [-0.2, -0.15) is 0 Å². The quantitative estimate of drug-likeness (QED) is 0.782. The number of fused-ring (bicyclic) bond motifs is 1. The van der Waals surface area contributed by atoms with Crippen molar-refractivity contribution in [2.75, 3.05) is 0 Å². The molecule has 1 N–H and O–H groups in total. The smallest absolute Gasteiger partial charge is 0.341 e. The van der Waals surface area contributed by atoms with Gasteiger partial charge in [0.1, 0.15) is 11.4 Å². The van der Waals surface area contributed by atoms with Gasteiger partial charge < -0.3 is 5.11 Å². The van der Waals surface area contributed by atoms with Crippen LogP contribution in [0.2, 0.25) is 0 Å². The van der Waals surface area contributed by atoms with Crippen molar-refractivity contribution in [3.8, 4) is 5.82 Å². The van der Waals surface area contributed by atoms with Crippen LogP contribution in [0.3, 0.4) is 0 Å². The van der Waals surface area contributed by atoms with E-state index in [4.69, 9.17) is 0 Å². The number of carbonyl (C=O) groups is 1. The van der Waals surface area contributed by atoms with Gasteiger partial charge in [-0.25, -0.2) is 14.8 Å². The SMILES string of the molecule is Cc1ccc2ccc(-n3ccc(C)c(C(=O)O)c3=O)nc2n1. The second kappa shape index (κ2) is 5.07. The Morgan fingerprint density at radius 3 is 2.55 bits per heavy atom. The first-order chi connectivity index (χ1) is 10.5. The van der Waals surface area contributed by atoms with E-state index in [-0.39, 0.29) is 5.56 Å². The van der Waals surface area contributed by atoms with Crippen LogP contribution in [0.1, 0.15) is 21.6 Å². The van der Waals surface area contributed by atoms with Crippen LogP contribution in [0, 0.1) is 13.8 Å². The lowest BCUT2D eigenvalue weighted by atomic mass is 10.1. The van der Waals surface area contributed by atoms with Crippen LogP contribution in [0.4, 0.5) is 0 Å². The molecule has 6 heteroatoms. The molecule has 110 valence electrons. The summed E-state index contributed by atoms with van der Waals surface area (Å²) in [6, 6.07) is 8.83. The molecule has 0 amide bonds. The van der Waals surface area contributed by atoms with Crippen molar-refractivity contribution >= 4 is 17.0 Å². The van der Waals surface area contributed by atoms with E-state index in [2.05, 4.69) is 9.97 Å².